The highest BCUT2D eigenvalue weighted by Gasteiger charge is 2.10. The van der Waals surface area contributed by atoms with Crippen LogP contribution in [0.5, 0.6) is 5.75 Å². The fraction of sp³-hybridized carbons (Fsp3) is 0.0357. The van der Waals surface area contributed by atoms with Crippen LogP contribution in [0.15, 0.2) is 85.2 Å². The van der Waals surface area contributed by atoms with Gasteiger partial charge in [0.05, 0.1) is 10.5 Å². The molecular formula is C28H19ClFN3O3S. The molecule has 2 N–H and O–H groups in total. The second kappa shape index (κ2) is 10.8. The summed E-state index contributed by atoms with van der Waals surface area (Å²) in [5.74, 6) is -0.211. The van der Waals surface area contributed by atoms with Crippen molar-refractivity contribution in [3.8, 4) is 16.2 Å². The van der Waals surface area contributed by atoms with Gasteiger partial charge in [-0.25, -0.2) is 19.2 Å². The fourth-order valence-electron chi connectivity index (χ4n) is 3.68. The lowest BCUT2D eigenvalue weighted by atomic mass is 10.1. The van der Waals surface area contributed by atoms with Crippen LogP contribution in [0.2, 0.25) is 5.02 Å². The molecule has 2 aromatic heterocycles. The van der Waals surface area contributed by atoms with E-state index < -0.39 is 5.97 Å². The Morgan fingerprint density at radius 2 is 1.97 bits per heavy atom. The minimum absolute atomic E-state index is 0.195. The van der Waals surface area contributed by atoms with Crippen molar-refractivity contribution in [2.45, 2.75) is 6.61 Å². The molecule has 5 rings (SSSR count). The Morgan fingerprint density at radius 3 is 2.78 bits per heavy atom. The predicted molar refractivity (Wildman–Crippen MR) is 145 cm³/mol. The van der Waals surface area contributed by atoms with E-state index in [-0.39, 0.29) is 12.4 Å². The van der Waals surface area contributed by atoms with E-state index in [1.165, 1.54) is 29.8 Å². The Morgan fingerprint density at radius 1 is 1.08 bits per heavy atom. The van der Waals surface area contributed by atoms with Crippen LogP contribution in [-0.2, 0) is 11.4 Å². The molecule has 6 nitrogen and oxygen atoms in total. The number of carboxylic acids is 1. The van der Waals surface area contributed by atoms with Crippen LogP contribution in [0.25, 0.3) is 27.4 Å². The molecule has 184 valence electrons. The van der Waals surface area contributed by atoms with Gasteiger partial charge in [-0.1, -0.05) is 29.8 Å². The summed E-state index contributed by atoms with van der Waals surface area (Å²) in [6, 6.07) is 21.2. The number of aromatic nitrogens is 2. The minimum atomic E-state index is -0.986. The molecule has 0 bridgehead atoms. The van der Waals surface area contributed by atoms with E-state index in [2.05, 4.69) is 15.3 Å². The van der Waals surface area contributed by atoms with E-state index in [4.69, 9.17) is 21.4 Å². The molecule has 0 unspecified atom stereocenters. The van der Waals surface area contributed by atoms with Gasteiger partial charge in [-0.15, -0.1) is 11.3 Å². The lowest BCUT2D eigenvalue weighted by Crippen LogP contribution is -1.98. The number of aliphatic carboxylic acids is 1. The van der Waals surface area contributed by atoms with Crippen molar-refractivity contribution in [1.82, 2.24) is 9.97 Å². The Bertz CT molecular complexity index is 1640. The van der Waals surface area contributed by atoms with Gasteiger partial charge in [0.2, 0.25) is 0 Å². The average Bonchev–Trinajstić information content (AvgIpc) is 3.36. The monoisotopic (exact) mass is 531 g/mol. The third kappa shape index (κ3) is 5.94. The molecule has 0 aliphatic heterocycles. The number of benzene rings is 3. The van der Waals surface area contributed by atoms with Gasteiger partial charge in [-0.2, -0.15) is 0 Å². The standard InChI is InChI=1S/C28H19ClFN3O3S/c29-23-14-20(5-9-25(23)36-15-17-2-1-3-19(30)12-17)33-28-22-13-18(4-8-24(22)31-16-32-28)26-10-6-21(37-26)7-11-27(34)35/h1-14,16H,15H2,(H,34,35)(H,31,32,33)/b11-7+. The van der Waals surface area contributed by atoms with Crippen LogP contribution >= 0.6 is 22.9 Å². The highest BCUT2D eigenvalue weighted by atomic mass is 35.5. The van der Waals surface area contributed by atoms with Crippen molar-refractivity contribution in [3.63, 3.8) is 0 Å². The summed E-state index contributed by atoms with van der Waals surface area (Å²) in [5.41, 5.74) is 3.15. The summed E-state index contributed by atoms with van der Waals surface area (Å²) in [4.78, 5) is 21.4. The molecule has 0 saturated carbocycles. The molecule has 0 amide bonds. The van der Waals surface area contributed by atoms with Crippen LogP contribution in [0.1, 0.15) is 10.4 Å². The maximum Gasteiger partial charge on any atom is 0.328 e. The molecule has 2 heterocycles. The van der Waals surface area contributed by atoms with Crippen molar-refractivity contribution in [1.29, 1.82) is 0 Å². The molecule has 0 atom stereocenters. The van der Waals surface area contributed by atoms with Crippen molar-refractivity contribution >= 4 is 57.4 Å². The van der Waals surface area contributed by atoms with E-state index in [0.29, 0.717) is 27.8 Å². The second-order valence-electron chi connectivity index (χ2n) is 8.02. The number of nitrogens with zero attached hydrogens (tertiary/aromatic N) is 2. The van der Waals surface area contributed by atoms with Crippen LogP contribution in [0, 0.1) is 5.82 Å². The maximum atomic E-state index is 13.4. The van der Waals surface area contributed by atoms with Gasteiger partial charge in [0.15, 0.2) is 0 Å². The third-order valence-electron chi connectivity index (χ3n) is 5.41. The first-order valence-electron chi connectivity index (χ1n) is 11.1. The van der Waals surface area contributed by atoms with E-state index in [1.54, 1.807) is 30.3 Å². The lowest BCUT2D eigenvalue weighted by molar-refractivity contribution is -0.131. The third-order valence-corrected chi connectivity index (χ3v) is 6.81. The number of carboxylic acid groups (broad SMARTS) is 1. The zero-order chi connectivity index (χ0) is 25.8. The summed E-state index contributed by atoms with van der Waals surface area (Å²) in [5, 5.41) is 13.4. The smallest absolute Gasteiger partial charge is 0.328 e. The molecule has 0 radical (unpaired) electrons. The van der Waals surface area contributed by atoms with Gasteiger partial charge in [0.1, 0.15) is 30.3 Å². The van der Waals surface area contributed by atoms with Gasteiger partial charge in [0.25, 0.3) is 0 Å². The largest absolute Gasteiger partial charge is 0.487 e. The van der Waals surface area contributed by atoms with Crippen LogP contribution in [-0.4, -0.2) is 21.0 Å². The van der Waals surface area contributed by atoms with E-state index in [9.17, 15) is 9.18 Å². The number of anilines is 2. The van der Waals surface area contributed by atoms with Gasteiger partial charge >= 0.3 is 5.97 Å². The molecule has 37 heavy (non-hydrogen) atoms. The Balaban J connectivity index is 1.36. The number of carbonyl (C=O) groups is 1. The number of hydrogen-bond donors (Lipinski definition) is 2. The number of fused-ring (bicyclic) bond motifs is 1. The number of halogens is 2. The summed E-state index contributed by atoms with van der Waals surface area (Å²) >= 11 is 7.94. The summed E-state index contributed by atoms with van der Waals surface area (Å²) < 4.78 is 19.2. The Labute approximate surface area is 220 Å². The van der Waals surface area contributed by atoms with Crippen molar-refractivity contribution in [2.75, 3.05) is 5.32 Å². The highest BCUT2D eigenvalue weighted by Crippen LogP contribution is 2.34. The molecule has 0 saturated heterocycles. The number of hydrogen-bond acceptors (Lipinski definition) is 6. The van der Waals surface area contributed by atoms with Crippen LogP contribution in [0.4, 0.5) is 15.9 Å². The SMILES string of the molecule is O=C(O)/C=C/c1ccc(-c2ccc3ncnc(Nc4ccc(OCc5cccc(F)c5)c(Cl)c4)c3c2)s1. The highest BCUT2D eigenvalue weighted by molar-refractivity contribution is 7.16. The summed E-state index contributed by atoms with van der Waals surface area (Å²) in [7, 11) is 0. The topological polar surface area (TPSA) is 84.3 Å². The minimum Gasteiger partial charge on any atom is -0.487 e. The molecule has 0 fully saturated rings. The molecule has 0 aliphatic rings. The van der Waals surface area contributed by atoms with Crippen molar-refractivity contribution in [3.05, 3.63) is 106 Å². The summed E-state index contributed by atoms with van der Waals surface area (Å²) in [6.07, 6.45) is 4.18. The van der Waals surface area contributed by atoms with Crippen LogP contribution < -0.4 is 10.1 Å². The fourth-order valence-corrected chi connectivity index (χ4v) is 4.82. The normalized spacial score (nSPS) is 11.2. The van der Waals surface area contributed by atoms with Gasteiger partial charge in [-0.3, -0.25) is 0 Å². The number of ether oxygens (including phenoxy) is 1. The van der Waals surface area contributed by atoms with Crippen LogP contribution in [0.3, 0.4) is 0 Å². The van der Waals surface area contributed by atoms with Crippen molar-refractivity contribution in [2.24, 2.45) is 0 Å². The second-order valence-corrected chi connectivity index (χ2v) is 9.54. The first-order valence-corrected chi connectivity index (χ1v) is 12.3. The molecular weight excluding hydrogens is 513 g/mol. The zero-order valence-corrected chi connectivity index (χ0v) is 20.8. The Kier molecular flexibility index (Phi) is 7.11. The predicted octanol–water partition coefficient (Wildman–Crippen LogP) is 7.57. The first kappa shape index (κ1) is 24.4. The number of nitrogens with one attached hydrogen (secondary N) is 1. The van der Waals surface area contributed by atoms with Gasteiger partial charge in [-0.05, 0) is 71.8 Å². The first-order chi connectivity index (χ1) is 17.9. The molecule has 5 aromatic rings. The summed E-state index contributed by atoms with van der Waals surface area (Å²) in [6.45, 7) is 0.195. The van der Waals surface area contributed by atoms with E-state index in [0.717, 1.165) is 32.3 Å². The van der Waals surface area contributed by atoms with Crippen molar-refractivity contribution < 1.29 is 19.0 Å². The van der Waals surface area contributed by atoms with Gasteiger partial charge in [0, 0.05) is 26.9 Å². The molecule has 3 aromatic carbocycles. The quantitative estimate of drug-likeness (QED) is 0.201. The van der Waals surface area contributed by atoms with Gasteiger partial charge < -0.3 is 15.2 Å². The van der Waals surface area contributed by atoms with E-state index >= 15 is 0 Å². The molecule has 0 aliphatic carbocycles. The maximum absolute atomic E-state index is 13.4. The lowest BCUT2D eigenvalue weighted by Gasteiger charge is -2.12. The Hall–Kier alpha value is -4.27. The average molecular weight is 532 g/mol. The number of thiophene rings is 1. The molecule has 0 spiro atoms. The zero-order valence-electron chi connectivity index (χ0n) is 19.2. The van der Waals surface area contributed by atoms with E-state index in [1.807, 2.05) is 36.4 Å². The number of rotatable bonds is 8. The molecule has 9 heteroatoms.